The highest BCUT2D eigenvalue weighted by atomic mass is 16.2. The Labute approximate surface area is 126 Å². The van der Waals surface area contributed by atoms with Crippen molar-refractivity contribution < 1.29 is 4.79 Å². The van der Waals surface area contributed by atoms with Crippen LogP contribution in [0.2, 0.25) is 0 Å². The van der Waals surface area contributed by atoms with Crippen molar-refractivity contribution >= 4 is 5.91 Å². The summed E-state index contributed by atoms with van der Waals surface area (Å²) in [6.45, 7) is 5.75. The molecule has 0 aliphatic heterocycles. The SMILES string of the molecule is CCN(Cc1ccccc1CN)C(=O)c1cccc(C)c1. The first-order valence-electron chi connectivity index (χ1n) is 7.28. The van der Waals surface area contributed by atoms with Crippen molar-refractivity contribution in [3.8, 4) is 0 Å². The number of carbonyl (C=O) groups is 1. The van der Waals surface area contributed by atoms with Gasteiger partial charge >= 0.3 is 0 Å². The first-order chi connectivity index (χ1) is 10.2. The topological polar surface area (TPSA) is 46.3 Å². The van der Waals surface area contributed by atoms with E-state index in [-0.39, 0.29) is 5.91 Å². The number of aryl methyl sites for hydroxylation is 1. The van der Waals surface area contributed by atoms with Gasteiger partial charge in [-0.15, -0.1) is 0 Å². The van der Waals surface area contributed by atoms with Crippen LogP contribution in [0, 0.1) is 6.92 Å². The standard InChI is InChI=1S/C18H22N2O/c1-3-20(13-17-9-5-4-8-16(17)12-19)18(21)15-10-6-7-14(2)11-15/h4-11H,3,12-13,19H2,1-2H3. The summed E-state index contributed by atoms with van der Waals surface area (Å²) in [6.07, 6.45) is 0. The zero-order valence-electron chi connectivity index (χ0n) is 12.7. The molecule has 2 N–H and O–H groups in total. The third kappa shape index (κ3) is 3.70. The van der Waals surface area contributed by atoms with Crippen LogP contribution in [0.3, 0.4) is 0 Å². The molecule has 110 valence electrons. The fourth-order valence-electron chi connectivity index (χ4n) is 2.40. The third-order valence-corrected chi connectivity index (χ3v) is 3.63. The van der Waals surface area contributed by atoms with Gasteiger partial charge in [0.15, 0.2) is 0 Å². The predicted molar refractivity (Wildman–Crippen MR) is 85.9 cm³/mol. The first kappa shape index (κ1) is 15.3. The fraction of sp³-hybridized carbons (Fsp3) is 0.278. The molecule has 1 amide bonds. The number of nitrogens with zero attached hydrogens (tertiary/aromatic N) is 1. The van der Waals surface area contributed by atoms with E-state index in [1.165, 1.54) is 0 Å². The Balaban J connectivity index is 2.22. The van der Waals surface area contributed by atoms with Crippen LogP contribution >= 0.6 is 0 Å². The quantitative estimate of drug-likeness (QED) is 0.916. The van der Waals surface area contributed by atoms with Crippen molar-refractivity contribution in [1.82, 2.24) is 4.90 Å². The summed E-state index contributed by atoms with van der Waals surface area (Å²) < 4.78 is 0. The van der Waals surface area contributed by atoms with Crippen LogP contribution in [0.5, 0.6) is 0 Å². The molecule has 0 aromatic heterocycles. The number of carbonyl (C=O) groups excluding carboxylic acids is 1. The number of amides is 1. The zero-order chi connectivity index (χ0) is 15.2. The summed E-state index contributed by atoms with van der Waals surface area (Å²) in [4.78, 5) is 14.5. The van der Waals surface area contributed by atoms with Crippen LogP contribution in [0.15, 0.2) is 48.5 Å². The van der Waals surface area contributed by atoms with E-state index < -0.39 is 0 Å². The number of hydrogen-bond acceptors (Lipinski definition) is 2. The third-order valence-electron chi connectivity index (χ3n) is 3.63. The predicted octanol–water partition coefficient (Wildman–Crippen LogP) is 3.12. The van der Waals surface area contributed by atoms with Crippen molar-refractivity contribution in [2.45, 2.75) is 26.9 Å². The number of rotatable bonds is 5. The molecule has 0 radical (unpaired) electrons. The van der Waals surface area contributed by atoms with Gasteiger partial charge in [-0.2, -0.15) is 0 Å². The van der Waals surface area contributed by atoms with Crippen LogP contribution in [0.25, 0.3) is 0 Å². The summed E-state index contributed by atoms with van der Waals surface area (Å²) in [7, 11) is 0. The Morgan fingerprint density at radius 2 is 1.81 bits per heavy atom. The molecular weight excluding hydrogens is 260 g/mol. The van der Waals surface area contributed by atoms with Crippen LogP contribution in [-0.2, 0) is 13.1 Å². The van der Waals surface area contributed by atoms with Crippen LogP contribution in [-0.4, -0.2) is 17.4 Å². The van der Waals surface area contributed by atoms with Crippen molar-refractivity contribution in [3.63, 3.8) is 0 Å². The number of benzene rings is 2. The van der Waals surface area contributed by atoms with Gasteiger partial charge in [0, 0.05) is 25.2 Å². The van der Waals surface area contributed by atoms with Crippen molar-refractivity contribution in [1.29, 1.82) is 0 Å². The highest BCUT2D eigenvalue weighted by molar-refractivity contribution is 5.94. The minimum atomic E-state index is 0.0630. The summed E-state index contributed by atoms with van der Waals surface area (Å²) in [5, 5.41) is 0. The second-order valence-corrected chi connectivity index (χ2v) is 5.16. The van der Waals surface area contributed by atoms with Gasteiger partial charge in [-0.3, -0.25) is 4.79 Å². The van der Waals surface area contributed by atoms with Gasteiger partial charge in [-0.25, -0.2) is 0 Å². The Morgan fingerprint density at radius 3 is 2.43 bits per heavy atom. The van der Waals surface area contributed by atoms with E-state index in [4.69, 9.17) is 5.73 Å². The molecule has 0 bridgehead atoms. The molecule has 0 heterocycles. The van der Waals surface area contributed by atoms with E-state index in [9.17, 15) is 4.79 Å². The highest BCUT2D eigenvalue weighted by Gasteiger charge is 2.15. The number of nitrogens with two attached hydrogens (primary N) is 1. The summed E-state index contributed by atoms with van der Waals surface area (Å²) in [6, 6.07) is 15.7. The van der Waals surface area contributed by atoms with E-state index in [2.05, 4.69) is 0 Å². The molecule has 0 unspecified atom stereocenters. The Bertz CT molecular complexity index is 622. The lowest BCUT2D eigenvalue weighted by molar-refractivity contribution is 0.0752. The second kappa shape index (κ2) is 7.04. The maximum atomic E-state index is 12.6. The van der Waals surface area contributed by atoms with Gasteiger partial charge in [0.1, 0.15) is 0 Å². The van der Waals surface area contributed by atoms with Crippen molar-refractivity contribution in [2.75, 3.05) is 6.54 Å². The van der Waals surface area contributed by atoms with Gasteiger partial charge in [0.25, 0.3) is 5.91 Å². The molecule has 0 saturated carbocycles. The highest BCUT2D eigenvalue weighted by Crippen LogP contribution is 2.14. The molecule has 0 atom stereocenters. The van der Waals surface area contributed by atoms with Gasteiger partial charge in [-0.1, -0.05) is 42.0 Å². The lowest BCUT2D eigenvalue weighted by Gasteiger charge is -2.22. The minimum Gasteiger partial charge on any atom is -0.335 e. The van der Waals surface area contributed by atoms with Gasteiger partial charge in [-0.05, 0) is 37.1 Å². The van der Waals surface area contributed by atoms with E-state index in [0.717, 1.165) is 22.3 Å². The lowest BCUT2D eigenvalue weighted by atomic mass is 10.1. The second-order valence-electron chi connectivity index (χ2n) is 5.16. The smallest absolute Gasteiger partial charge is 0.254 e. The molecular formula is C18H22N2O. The Morgan fingerprint density at radius 1 is 1.10 bits per heavy atom. The molecule has 2 aromatic carbocycles. The van der Waals surface area contributed by atoms with E-state index in [0.29, 0.717) is 19.6 Å². The maximum Gasteiger partial charge on any atom is 0.254 e. The molecule has 0 saturated heterocycles. The van der Waals surface area contributed by atoms with E-state index in [1.54, 1.807) is 0 Å². The van der Waals surface area contributed by atoms with Crippen LogP contribution < -0.4 is 5.73 Å². The van der Waals surface area contributed by atoms with E-state index in [1.807, 2.05) is 67.3 Å². The van der Waals surface area contributed by atoms with Gasteiger partial charge in [0.2, 0.25) is 0 Å². The molecule has 21 heavy (non-hydrogen) atoms. The normalized spacial score (nSPS) is 10.4. The molecule has 0 aliphatic rings. The zero-order valence-corrected chi connectivity index (χ0v) is 12.7. The fourth-order valence-corrected chi connectivity index (χ4v) is 2.40. The molecule has 3 nitrogen and oxygen atoms in total. The van der Waals surface area contributed by atoms with Crippen LogP contribution in [0.1, 0.15) is 34.0 Å². The molecule has 0 spiro atoms. The van der Waals surface area contributed by atoms with Crippen molar-refractivity contribution in [3.05, 3.63) is 70.8 Å². The van der Waals surface area contributed by atoms with Crippen LogP contribution in [0.4, 0.5) is 0 Å². The molecule has 0 fully saturated rings. The Kier molecular flexibility index (Phi) is 5.12. The molecule has 0 aliphatic carbocycles. The Hall–Kier alpha value is -2.13. The average Bonchev–Trinajstić information content (AvgIpc) is 2.52. The number of hydrogen-bond donors (Lipinski definition) is 1. The van der Waals surface area contributed by atoms with Gasteiger partial charge < -0.3 is 10.6 Å². The summed E-state index contributed by atoms with van der Waals surface area (Å²) in [5.41, 5.74) is 9.81. The van der Waals surface area contributed by atoms with Gasteiger partial charge in [0.05, 0.1) is 0 Å². The lowest BCUT2D eigenvalue weighted by Crippen LogP contribution is -2.30. The molecule has 2 aromatic rings. The minimum absolute atomic E-state index is 0.0630. The summed E-state index contributed by atoms with van der Waals surface area (Å²) >= 11 is 0. The van der Waals surface area contributed by atoms with E-state index >= 15 is 0 Å². The largest absolute Gasteiger partial charge is 0.335 e. The molecule has 2 rings (SSSR count). The summed E-state index contributed by atoms with van der Waals surface area (Å²) in [5.74, 6) is 0.0630. The molecule has 3 heteroatoms. The average molecular weight is 282 g/mol. The van der Waals surface area contributed by atoms with Crippen molar-refractivity contribution in [2.24, 2.45) is 5.73 Å². The maximum absolute atomic E-state index is 12.6. The monoisotopic (exact) mass is 282 g/mol. The first-order valence-corrected chi connectivity index (χ1v) is 7.28.